The van der Waals surface area contributed by atoms with Crippen molar-refractivity contribution in [2.24, 2.45) is 0 Å². The van der Waals surface area contributed by atoms with Crippen molar-refractivity contribution in [3.05, 3.63) is 54.6 Å². The summed E-state index contributed by atoms with van der Waals surface area (Å²) >= 11 is 0. The van der Waals surface area contributed by atoms with Crippen LogP contribution in [-0.2, 0) is 0 Å². The van der Waals surface area contributed by atoms with Crippen LogP contribution in [0.3, 0.4) is 0 Å². The smallest absolute Gasteiger partial charge is 0.230 e. The molecule has 1 aromatic heterocycles. The maximum absolute atomic E-state index is 5.92. The minimum Gasteiger partial charge on any atom is -0.497 e. The van der Waals surface area contributed by atoms with Crippen molar-refractivity contribution in [1.29, 1.82) is 0 Å². The van der Waals surface area contributed by atoms with Gasteiger partial charge in [-0.25, -0.2) is 0 Å². The molecule has 0 fully saturated rings. The second kappa shape index (κ2) is 5.09. The predicted molar refractivity (Wildman–Crippen MR) is 78.3 cm³/mol. The molecule has 0 atom stereocenters. The summed E-state index contributed by atoms with van der Waals surface area (Å²) in [5.41, 5.74) is 9.32. The lowest BCUT2D eigenvalue weighted by Crippen LogP contribution is -1.88. The molecule has 0 aliphatic rings. The molecule has 3 aromatic rings. The molecule has 0 unspecified atom stereocenters. The van der Waals surface area contributed by atoms with Crippen molar-refractivity contribution in [3.8, 4) is 28.1 Å². The quantitative estimate of drug-likeness (QED) is 0.786. The Bertz CT molecular complexity index is 720. The fraction of sp³-hybridized carbons (Fsp3) is 0.0625. The molecule has 1 heterocycles. The molecule has 0 saturated carbocycles. The fourth-order valence-corrected chi connectivity index (χ4v) is 2.15. The molecule has 0 amide bonds. The standard InChI is InChI=1S/C16H14N2O2/c1-19-13-9-5-8-12(10-13)15-14(16(17)20-18-15)11-6-3-2-4-7-11/h2-10H,17H2,1H3. The van der Waals surface area contributed by atoms with E-state index in [1.165, 1.54) is 0 Å². The van der Waals surface area contributed by atoms with Crippen LogP contribution >= 0.6 is 0 Å². The van der Waals surface area contributed by atoms with Crippen LogP contribution in [0.15, 0.2) is 59.1 Å². The molecule has 2 aromatic carbocycles. The van der Waals surface area contributed by atoms with Crippen LogP contribution in [0.2, 0.25) is 0 Å². The van der Waals surface area contributed by atoms with Crippen LogP contribution in [0.1, 0.15) is 0 Å². The van der Waals surface area contributed by atoms with E-state index in [1.807, 2.05) is 54.6 Å². The third-order valence-corrected chi connectivity index (χ3v) is 3.12. The number of nitrogen functional groups attached to an aromatic ring is 1. The lowest BCUT2D eigenvalue weighted by molar-refractivity contribution is 0.415. The number of rotatable bonds is 3. The topological polar surface area (TPSA) is 61.3 Å². The summed E-state index contributed by atoms with van der Waals surface area (Å²) in [6.45, 7) is 0. The van der Waals surface area contributed by atoms with Gasteiger partial charge in [0.25, 0.3) is 0 Å². The summed E-state index contributed by atoms with van der Waals surface area (Å²) in [5.74, 6) is 1.08. The first kappa shape index (κ1) is 12.3. The normalized spacial score (nSPS) is 10.4. The highest BCUT2D eigenvalue weighted by Crippen LogP contribution is 2.36. The second-order valence-corrected chi connectivity index (χ2v) is 4.37. The Kier molecular flexibility index (Phi) is 3.13. The number of hydrogen-bond donors (Lipinski definition) is 1. The van der Waals surface area contributed by atoms with E-state index in [2.05, 4.69) is 5.16 Å². The van der Waals surface area contributed by atoms with E-state index < -0.39 is 0 Å². The minimum atomic E-state index is 0.314. The summed E-state index contributed by atoms with van der Waals surface area (Å²) < 4.78 is 10.4. The van der Waals surface area contributed by atoms with Crippen molar-refractivity contribution in [3.63, 3.8) is 0 Å². The highest BCUT2D eigenvalue weighted by atomic mass is 16.5. The first-order valence-electron chi connectivity index (χ1n) is 6.24. The molecule has 4 heteroatoms. The zero-order valence-electron chi connectivity index (χ0n) is 11.0. The lowest BCUT2D eigenvalue weighted by Gasteiger charge is -2.04. The predicted octanol–water partition coefficient (Wildman–Crippen LogP) is 3.60. The molecule has 0 aliphatic heterocycles. The van der Waals surface area contributed by atoms with Crippen LogP contribution in [-0.4, -0.2) is 12.3 Å². The first-order chi connectivity index (χ1) is 9.79. The third kappa shape index (κ3) is 2.12. The van der Waals surface area contributed by atoms with E-state index in [-0.39, 0.29) is 0 Å². The van der Waals surface area contributed by atoms with Gasteiger partial charge in [0.15, 0.2) is 0 Å². The van der Waals surface area contributed by atoms with Gasteiger partial charge in [-0.05, 0) is 17.7 Å². The molecule has 0 radical (unpaired) electrons. The third-order valence-electron chi connectivity index (χ3n) is 3.12. The van der Waals surface area contributed by atoms with Gasteiger partial charge in [0, 0.05) is 5.56 Å². The zero-order valence-corrected chi connectivity index (χ0v) is 11.0. The SMILES string of the molecule is COc1cccc(-c2noc(N)c2-c2ccccc2)c1. The molecule has 4 nitrogen and oxygen atoms in total. The Balaban J connectivity index is 2.16. The summed E-state index contributed by atoms with van der Waals surface area (Å²) in [7, 11) is 1.63. The van der Waals surface area contributed by atoms with Gasteiger partial charge < -0.3 is 15.0 Å². The Morgan fingerprint density at radius 3 is 2.50 bits per heavy atom. The molecule has 100 valence electrons. The van der Waals surface area contributed by atoms with Crippen LogP contribution in [0.25, 0.3) is 22.4 Å². The maximum atomic E-state index is 5.92. The van der Waals surface area contributed by atoms with Gasteiger partial charge in [-0.1, -0.05) is 47.6 Å². The number of ether oxygens (including phenoxy) is 1. The molecule has 0 spiro atoms. The average molecular weight is 266 g/mol. The molecule has 0 aliphatic carbocycles. The number of anilines is 1. The van der Waals surface area contributed by atoms with E-state index >= 15 is 0 Å². The van der Waals surface area contributed by atoms with Crippen molar-refractivity contribution < 1.29 is 9.26 Å². The van der Waals surface area contributed by atoms with Crippen LogP contribution in [0.4, 0.5) is 5.88 Å². The first-order valence-corrected chi connectivity index (χ1v) is 6.24. The van der Waals surface area contributed by atoms with E-state index in [1.54, 1.807) is 7.11 Å². The van der Waals surface area contributed by atoms with Gasteiger partial charge in [0.2, 0.25) is 5.88 Å². The van der Waals surface area contributed by atoms with Gasteiger partial charge in [0.05, 0.1) is 12.7 Å². The number of nitrogens with zero attached hydrogens (tertiary/aromatic N) is 1. The Labute approximate surface area is 116 Å². The highest BCUT2D eigenvalue weighted by Gasteiger charge is 2.17. The van der Waals surface area contributed by atoms with Gasteiger partial charge in [0.1, 0.15) is 11.4 Å². The number of nitrogens with two attached hydrogens (primary N) is 1. The van der Waals surface area contributed by atoms with Gasteiger partial charge in [-0.3, -0.25) is 0 Å². The van der Waals surface area contributed by atoms with Crippen LogP contribution in [0.5, 0.6) is 5.75 Å². The summed E-state index contributed by atoms with van der Waals surface area (Å²) in [5, 5.41) is 4.08. The van der Waals surface area contributed by atoms with Gasteiger partial charge in [-0.2, -0.15) is 0 Å². The number of methoxy groups -OCH3 is 1. The second-order valence-electron chi connectivity index (χ2n) is 4.37. The molecule has 3 rings (SSSR count). The lowest BCUT2D eigenvalue weighted by atomic mass is 10.0. The van der Waals surface area contributed by atoms with Crippen molar-refractivity contribution >= 4 is 5.88 Å². The number of aromatic nitrogens is 1. The monoisotopic (exact) mass is 266 g/mol. The minimum absolute atomic E-state index is 0.314. The highest BCUT2D eigenvalue weighted by molar-refractivity contribution is 5.87. The van der Waals surface area contributed by atoms with E-state index in [0.717, 1.165) is 22.4 Å². The van der Waals surface area contributed by atoms with Crippen molar-refractivity contribution in [2.45, 2.75) is 0 Å². The molecule has 0 saturated heterocycles. The molecule has 20 heavy (non-hydrogen) atoms. The fourth-order valence-electron chi connectivity index (χ4n) is 2.15. The molecular weight excluding hydrogens is 252 g/mol. The van der Waals surface area contributed by atoms with E-state index in [9.17, 15) is 0 Å². The van der Waals surface area contributed by atoms with Crippen LogP contribution in [0, 0.1) is 0 Å². The van der Waals surface area contributed by atoms with E-state index in [4.69, 9.17) is 15.0 Å². The van der Waals surface area contributed by atoms with Crippen LogP contribution < -0.4 is 10.5 Å². The Morgan fingerprint density at radius 2 is 1.75 bits per heavy atom. The Morgan fingerprint density at radius 1 is 1.00 bits per heavy atom. The molecule has 0 bridgehead atoms. The number of hydrogen-bond acceptors (Lipinski definition) is 4. The average Bonchev–Trinajstić information content (AvgIpc) is 2.90. The van der Waals surface area contributed by atoms with Crippen molar-refractivity contribution in [2.75, 3.05) is 12.8 Å². The summed E-state index contributed by atoms with van der Waals surface area (Å²) in [4.78, 5) is 0. The van der Waals surface area contributed by atoms with Gasteiger partial charge >= 0.3 is 0 Å². The summed E-state index contributed by atoms with van der Waals surface area (Å²) in [6, 6.07) is 17.5. The molecule has 2 N–H and O–H groups in total. The van der Waals surface area contributed by atoms with E-state index in [0.29, 0.717) is 11.6 Å². The molecular formula is C16H14N2O2. The largest absolute Gasteiger partial charge is 0.497 e. The summed E-state index contributed by atoms with van der Waals surface area (Å²) in [6.07, 6.45) is 0. The maximum Gasteiger partial charge on any atom is 0.230 e. The Hall–Kier alpha value is -2.75. The van der Waals surface area contributed by atoms with Crippen molar-refractivity contribution in [1.82, 2.24) is 5.16 Å². The number of benzene rings is 2. The zero-order chi connectivity index (χ0) is 13.9. The van der Waals surface area contributed by atoms with Gasteiger partial charge in [-0.15, -0.1) is 0 Å².